The van der Waals surface area contributed by atoms with Crippen molar-refractivity contribution in [1.82, 2.24) is 9.80 Å². The van der Waals surface area contributed by atoms with Gasteiger partial charge in [-0.25, -0.2) is 0 Å². The summed E-state index contributed by atoms with van der Waals surface area (Å²) in [5.74, 6) is 0. The molecular weight excluding hydrogens is 308 g/mol. The van der Waals surface area contributed by atoms with Crippen molar-refractivity contribution >= 4 is 3.90 Å². The Morgan fingerprint density at radius 2 is 1.82 bits per heavy atom. The SMILES string of the molecule is C[C](=[W])CN1CCN(C)CC1. The van der Waals surface area contributed by atoms with Gasteiger partial charge in [0.05, 0.1) is 0 Å². The van der Waals surface area contributed by atoms with E-state index in [0.29, 0.717) is 0 Å². The van der Waals surface area contributed by atoms with Crippen molar-refractivity contribution < 1.29 is 19.4 Å². The fraction of sp³-hybridized carbons (Fsp3) is 0.875. The van der Waals surface area contributed by atoms with E-state index in [9.17, 15) is 0 Å². The van der Waals surface area contributed by atoms with Gasteiger partial charge >= 0.3 is 79.7 Å². The zero-order valence-electron chi connectivity index (χ0n) is 7.34. The number of nitrogens with zero attached hydrogens (tertiary/aromatic N) is 2. The molecule has 0 N–H and O–H groups in total. The van der Waals surface area contributed by atoms with Crippen molar-refractivity contribution in [2.45, 2.75) is 6.92 Å². The van der Waals surface area contributed by atoms with Gasteiger partial charge in [-0.2, -0.15) is 0 Å². The number of likely N-dealkylation sites (N-methyl/N-ethyl adjacent to an activating group) is 1. The van der Waals surface area contributed by atoms with Crippen LogP contribution >= 0.6 is 0 Å². The Bertz CT molecular complexity index is 139. The van der Waals surface area contributed by atoms with E-state index in [1.165, 1.54) is 32.7 Å². The summed E-state index contributed by atoms with van der Waals surface area (Å²) in [6.07, 6.45) is 0. The average Bonchev–Trinajstić information content (AvgIpc) is 1.93. The molecule has 0 bridgehead atoms. The standard InChI is InChI=1S/C8H16N2.W/c1-3-4-10-7-5-9(2)6-8-10;/h4-8H2,1-2H3;. The quantitative estimate of drug-likeness (QED) is 0.704. The molecule has 1 aliphatic heterocycles. The van der Waals surface area contributed by atoms with Gasteiger partial charge in [0.2, 0.25) is 0 Å². The van der Waals surface area contributed by atoms with Crippen LogP contribution in [0.2, 0.25) is 0 Å². The molecule has 1 rings (SSSR count). The van der Waals surface area contributed by atoms with E-state index in [1.54, 1.807) is 23.3 Å². The predicted molar refractivity (Wildman–Crippen MR) is 44.6 cm³/mol. The Balaban J connectivity index is 2.22. The summed E-state index contributed by atoms with van der Waals surface area (Å²) < 4.78 is 1.61. The maximum absolute atomic E-state index is 2.54. The van der Waals surface area contributed by atoms with Crippen LogP contribution in [0.25, 0.3) is 0 Å². The molecule has 0 aromatic heterocycles. The summed E-state index contributed by atoms with van der Waals surface area (Å²) in [4.78, 5) is 4.94. The zero-order valence-corrected chi connectivity index (χ0v) is 10.3. The molecule has 0 spiro atoms. The molecule has 0 aromatic carbocycles. The molecule has 0 unspecified atom stereocenters. The van der Waals surface area contributed by atoms with Crippen LogP contribution in [0.15, 0.2) is 0 Å². The van der Waals surface area contributed by atoms with Gasteiger partial charge in [-0.05, 0) is 0 Å². The van der Waals surface area contributed by atoms with Gasteiger partial charge in [-0.3, -0.25) is 0 Å². The third kappa shape index (κ3) is 3.59. The number of hydrogen-bond donors (Lipinski definition) is 0. The van der Waals surface area contributed by atoms with Gasteiger partial charge in [-0.15, -0.1) is 0 Å². The average molecular weight is 324 g/mol. The van der Waals surface area contributed by atoms with Gasteiger partial charge < -0.3 is 0 Å². The number of piperazine rings is 1. The van der Waals surface area contributed by atoms with Gasteiger partial charge in [0.1, 0.15) is 0 Å². The molecule has 0 saturated carbocycles. The number of hydrogen-bond acceptors (Lipinski definition) is 2. The minimum absolute atomic E-state index is 1.23. The molecular formula is C8H16N2W. The molecule has 64 valence electrons. The molecule has 1 aliphatic rings. The van der Waals surface area contributed by atoms with Gasteiger partial charge in [0, 0.05) is 0 Å². The molecule has 0 aliphatic carbocycles. The molecule has 0 amide bonds. The van der Waals surface area contributed by atoms with Crippen molar-refractivity contribution in [3.63, 3.8) is 0 Å². The number of rotatable bonds is 2. The maximum atomic E-state index is 2.54. The Morgan fingerprint density at radius 3 is 2.27 bits per heavy atom. The second-order valence-electron chi connectivity index (χ2n) is 3.28. The monoisotopic (exact) mass is 324 g/mol. The second-order valence-corrected chi connectivity index (χ2v) is 5.79. The van der Waals surface area contributed by atoms with E-state index in [4.69, 9.17) is 0 Å². The molecule has 0 radical (unpaired) electrons. The van der Waals surface area contributed by atoms with E-state index in [1.807, 2.05) is 0 Å². The van der Waals surface area contributed by atoms with Crippen molar-refractivity contribution in [3.05, 3.63) is 0 Å². The van der Waals surface area contributed by atoms with Crippen molar-refractivity contribution in [2.24, 2.45) is 0 Å². The predicted octanol–water partition coefficient (Wildman–Crippen LogP) is -0.0271. The summed E-state index contributed by atoms with van der Waals surface area (Å²) in [5, 5.41) is 0. The molecule has 1 saturated heterocycles. The first-order chi connectivity index (χ1) is 5.18. The van der Waals surface area contributed by atoms with Crippen LogP contribution in [0.1, 0.15) is 6.92 Å². The van der Waals surface area contributed by atoms with Gasteiger partial charge in [-0.1, -0.05) is 0 Å². The zero-order chi connectivity index (χ0) is 8.27. The van der Waals surface area contributed by atoms with Crippen molar-refractivity contribution in [3.8, 4) is 0 Å². The van der Waals surface area contributed by atoms with E-state index in [0.717, 1.165) is 0 Å². The third-order valence-corrected chi connectivity index (χ3v) is 2.51. The summed E-state index contributed by atoms with van der Waals surface area (Å²) in [5.41, 5.74) is 0. The summed E-state index contributed by atoms with van der Waals surface area (Å²) in [6, 6.07) is 0. The molecule has 0 atom stereocenters. The third-order valence-electron chi connectivity index (χ3n) is 2.04. The van der Waals surface area contributed by atoms with E-state index < -0.39 is 0 Å². The Hall–Kier alpha value is 0.478. The van der Waals surface area contributed by atoms with E-state index in [-0.39, 0.29) is 0 Å². The van der Waals surface area contributed by atoms with E-state index in [2.05, 4.69) is 23.8 Å². The molecule has 3 heteroatoms. The minimum atomic E-state index is 1.23. The first kappa shape index (κ1) is 9.57. The molecule has 0 aromatic rings. The Kier molecular flexibility index (Phi) is 3.91. The van der Waals surface area contributed by atoms with Crippen LogP contribution in [-0.2, 0) is 19.4 Å². The summed E-state index contributed by atoms with van der Waals surface area (Å²) in [7, 11) is 2.20. The van der Waals surface area contributed by atoms with Crippen LogP contribution < -0.4 is 0 Å². The fourth-order valence-electron chi connectivity index (χ4n) is 1.32. The van der Waals surface area contributed by atoms with Gasteiger partial charge in [0.15, 0.2) is 0 Å². The first-order valence-electron chi connectivity index (χ1n) is 4.09. The first-order valence-corrected chi connectivity index (χ1v) is 5.55. The Morgan fingerprint density at radius 1 is 1.27 bits per heavy atom. The van der Waals surface area contributed by atoms with Crippen LogP contribution in [0.5, 0.6) is 0 Å². The topological polar surface area (TPSA) is 6.48 Å². The van der Waals surface area contributed by atoms with Crippen molar-refractivity contribution in [2.75, 3.05) is 39.8 Å². The molecule has 11 heavy (non-hydrogen) atoms. The molecule has 2 nitrogen and oxygen atoms in total. The van der Waals surface area contributed by atoms with Gasteiger partial charge in [0.25, 0.3) is 0 Å². The second kappa shape index (κ2) is 4.49. The van der Waals surface area contributed by atoms with Crippen LogP contribution in [0, 0.1) is 0 Å². The van der Waals surface area contributed by atoms with E-state index >= 15 is 0 Å². The summed E-state index contributed by atoms with van der Waals surface area (Å²) in [6.45, 7) is 8.45. The fourth-order valence-corrected chi connectivity index (χ4v) is 1.98. The van der Waals surface area contributed by atoms with Crippen LogP contribution in [0.3, 0.4) is 0 Å². The molecule has 1 heterocycles. The van der Waals surface area contributed by atoms with Crippen LogP contribution in [0.4, 0.5) is 0 Å². The Labute approximate surface area is 80.0 Å². The molecule has 1 fully saturated rings. The normalized spacial score (nSPS) is 22.0. The summed E-state index contributed by atoms with van der Waals surface area (Å²) >= 11 is 1.64. The van der Waals surface area contributed by atoms with Crippen molar-refractivity contribution in [1.29, 1.82) is 0 Å². The van der Waals surface area contributed by atoms with Crippen LogP contribution in [-0.4, -0.2) is 53.5 Å².